The zero-order chi connectivity index (χ0) is 20.2. The second kappa shape index (κ2) is 8.76. The number of carbonyl (C=O) groups excluding carboxylic acids is 2. The summed E-state index contributed by atoms with van der Waals surface area (Å²) in [6, 6.07) is 18.4. The van der Waals surface area contributed by atoms with Gasteiger partial charge in [-0.25, -0.2) is 0 Å². The molecule has 3 aromatic rings. The molecule has 0 bridgehead atoms. The van der Waals surface area contributed by atoms with E-state index in [1.54, 1.807) is 47.2 Å². The summed E-state index contributed by atoms with van der Waals surface area (Å²) >= 11 is 7.46. The van der Waals surface area contributed by atoms with Gasteiger partial charge in [-0.15, -0.1) is 11.8 Å². The Bertz CT molecular complexity index is 988. The zero-order valence-corrected chi connectivity index (χ0v) is 17.1. The normalized spacial score (nSPS) is 16.2. The molecule has 29 heavy (non-hydrogen) atoms. The van der Waals surface area contributed by atoms with Crippen LogP contribution in [0, 0.1) is 0 Å². The third kappa shape index (κ3) is 4.66. The molecule has 1 atom stereocenters. The molecule has 1 fully saturated rings. The highest BCUT2D eigenvalue weighted by atomic mass is 35.5. The molecule has 148 valence electrons. The van der Waals surface area contributed by atoms with Crippen LogP contribution >= 0.6 is 23.4 Å². The van der Waals surface area contributed by atoms with Crippen molar-refractivity contribution in [1.82, 2.24) is 10.2 Å². The summed E-state index contributed by atoms with van der Waals surface area (Å²) in [5.74, 6) is 1.13. The van der Waals surface area contributed by atoms with Crippen LogP contribution in [-0.2, 0) is 17.9 Å². The minimum atomic E-state index is -0.144. The van der Waals surface area contributed by atoms with Gasteiger partial charge in [-0.2, -0.15) is 0 Å². The molecule has 2 aromatic carbocycles. The average molecular weight is 427 g/mol. The fourth-order valence-corrected chi connectivity index (χ4v) is 4.47. The quantitative estimate of drug-likeness (QED) is 0.623. The Morgan fingerprint density at radius 1 is 1.14 bits per heavy atom. The van der Waals surface area contributed by atoms with Crippen molar-refractivity contribution in [3.05, 3.63) is 94.4 Å². The van der Waals surface area contributed by atoms with Gasteiger partial charge in [-0.3, -0.25) is 9.59 Å². The Balaban J connectivity index is 1.40. The third-order valence-corrected chi connectivity index (χ3v) is 6.21. The molecule has 1 aromatic heterocycles. The molecule has 1 N–H and O–H groups in total. The van der Waals surface area contributed by atoms with Gasteiger partial charge < -0.3 is 14.6 Å². The fraction of sp³-hybridized carbons (Fsp3) is 0.182. The molecular formula is C22H19ClN2O3S. The van der Waals surface area contributed by atoms with Crippen LogP contribution in [-0.4, -0.2) is 22.5 Å². The molecule has 0 aliphatic carbocycles. The van der Waals surface area contributed by atoms with E-state index in [0.717, 1.165) is 16.9 Å². The van der Waals surface area contributed by atoms with E-state index in [9.17, 15) is 9.59 Å². The van der Waals surface area contributed by atoms with Crippen molar-refractivity contribution >= 4 is 35.2 Å². The number of rotatable bonds is 6. The highest BCUT2D eigenvalue weighted by Gasteiger charge is 2.33. The Labute approximate surface area is 178 Å². The maximum absolute atomic E-state index is 12.4. The highest BCUT2D eigenvalue weighted by molar-refractivity contribution is 8.00. The van der Waals surface area contributed by atoms with Crippen molar-refractivity contribution in [2.75, 3.05) is 5.75 Å². The maximum Gasteiger partial charge on any atom is 0.251 e. The summed E-state index contributed by atoms with van der Waals surface area (Å²) in [7, 11) is 0. The van der Waals surface area contributed by atoms with Gasteiger partial charge in [0.25, 0.3) is 5.91 Å². The predicted molar refractivity (Wildman–Crippen MR) is 114 cm³/mol. The molecule has 4 rings (SSSR count). The molecule has 5 nitrogen and oxygen atoms in total. The summed E-state index contributed by atoms with van der Waals surface area (Å²) < 4.78 is 5.39. The van der Waals surface area contributed by atoms with Gasteiger partial charge >= 0.3 is 0 Å². The van der Waals surface area contributed by atoms with Gasteiger partial charge in [0.1, 0.15) is 11.1 Å². The standard InChI is InChI=1S/C22H19ClN2O3S/c23-18-9-3-15(4-10-18)12-24-21(27)16-5-7-17(8-6-16)22-25(20(26)14-29-22)13-19-2-1-11-28-19/h1-11,22H,12-14H2,(H,24,27). The first kappa shape index (κ1) is 19.6. The topological polar surface area (TPSA) is 62.6 Å². The van der Waals surface area contributed by atoms with E-state index in [-0.39, 0.29) is 17.2 Å². The molecular weight excluding hydrogens is 408 g/mol. The number of nitrogens with zero attached hydrogens (tertiary/aromatic N) is 1. The van der Waals surface area contributed by atoms with Gasteiger partial charge in [-0.05, 0) is 47.5 Å². The van der Waals surface area contributed by atoms with Crippen molar-refractivity contribution in [2.45, 2.75) is 18.5 Å². The van der Waals surface area contributed by atoms with Gasteiger partial charge in [-0.1, -0.05) is 35.9 Å². The summed E-state index contributed by atoms with van der Waals surface area (Å²) in [4.78, 5) is 26.5. The molecule has 0 spiro atoms. The number of benzene rings is 2. The number of hydrogen-bond acceptors (Lipinski definition) is 4. The second-order valence-corrected chi connectivity index (χ2v) is 8.20. The van der Waals surface area contributed by atoms with Crippen LogP contribution in [0.25, 0.3) is 0 Å². The molecule has 2 amide bonds. The third-order valence-electron chi connectivity index (χ3n) is 4.70. The highest BCUT2D eigenvalue weighted by Crippen LogP contribution is 2.39. The van der Waals surface area contributed by atoms with Crippen LogP contribution < -0.4 is 5.32 Å². The van der Waals surface area contributed by atoms with E-state index in [4.69, 9.17) is 16.0 Å². The van der Waals surface area contributed by atoms with Crippen LogP contribution in [0.5, 0.6) is 0 Å². The van der Waals surface area contributed by atoms with Crippen LogP contribution in [0.15, 0.2) is 71.3 Å². The molecule has 1 aliphatic rings. The van der Waals surface area contributed by atoms with E-state index in [0.29, 0.717) is 29.4 Å². The smallest absolute Gasteiger partial charge is 0.251 e. The molecule has 7 heteroatoms. The molecule has 2 heterocycles. The van der Waals surface area contributed by atoms with E-state index in [1.807, 2.05) is 36.4 Å². The lowest BCUT2D eigenvalue weighted by Gasteiger charge is -2.23. The lowest BCUT2D eigenvalue weighted by atomic mass is 10.1. The maximum atomic E-state index is 12.4. The zero-order valence-electron chi connectivity index (χ0n) is 15.5. The predicted octanol–water partition coefficient (Wildman–Crippen LogP) is 4.64. The lowest BCUT2D eigenvalue weighted by molar-refractivity contribution is -0.128. The van der Waals surface area contributed by atoms with Gasteiger partial charge in [0.05, 0.1) is 18.6 Å². The van der Waals surface area contributed by atoms with Crippen LogP contribution in [0.2, 0.25) is 5.02 Å². The molecule has 0 saturated carbocycles. The molecule has 1 aliphatic heterocycles. The van der Waals surface area contributed by atoms with Gasteiger partial charge in [0, 0.05) is 17.1 Å². The Morgan fingerprint density at radius 3 is 2.59 bits per heavy atom. The SMILES string of the molecule is O=C(NCc1ccc(Cl)cc1)c1ccc(C2SCC(=O)N2Cc2ccco2)cc1. The largest absolute Gasteiger partial charge is 0.467 e. The molecule has 1 saturated heterocycles. The first-order chi connectivity index (χ1) is 14.1. The Hall–Kier alpha value is -2.70. The Kier molecular flexibility index (Phi) is 5.92. The molecule has 0 radical (unpaired) electrons. The summed E-state index contributed by atoms with van der Waals surface area (Å²) in [6.07, 6.45) is 1.61. The van der Waals surface area contributed by atoms with Crippen molar-refractivity contribution in [3.63, 3.8) is 0 Å². The summed E-state index contributed by atoms with van der Waals surface area (Å²) in [6.45, 7) is 0.870. The minimum Gasteiger partial charge on any atom is -0.467 e. The number of thioether (sulfide) groups is 1. The van der Waals surface area contributed by atoms with Crippen molar-refractivity contribution < 1.29 is 14.0 Å². The number of amides is 2. The first-order valence-electron chi connectivity index (χ1n) is 9.16. The lowest BCUT2D eigenvalue weighted by Crippen LogP contribution is -2.27. The molecule has 1 unspecified atom stereocenters. The van der Waals surface area contributed by atoms with Crippen LogP contribution in [0.4, 0.5) is 0 Å². The average Bonchev–Trinajstić information content (AvgIpc) is 3.38. The van der Waals surface area contributed by atoms with Crippen molar-refractivity contribution in [3.8, 4) is 0 Å². The summed E-state index contributed by atoms with van der Waals surface area (Å²) in [5, 5.41) is 3.49. The van der Waals surface area contributed by atoms with Crippen LogP contribution in [0.1, 0.15) is 32.6 Å². The van der Waals surface area contributed by atoms with E-state index >= 15 is 0 Å². The number of halogens is 1. The number of hydrogen-bond donors (Lipinski definition) is 1. The fourth-order valence-electron chi connectivity index (χ4n) is 3.16. The summed E-state index contributed by atoms with van der Waals surface area (Å²) in [5.41, 5.74) is 2.55. The second-order valence-electron chi connectivity index (χ2n) is 6.70. The van der Waals surface area contributed by atoms with Crippen LogP contribution in [0.3, 0.4) is 0 Å². The van der Waals surface area contributed by atoms with E-state index in [1.165, 1.54) is 0 Å². The van der Waals surface area contributed by atoms with Gasteiger partial charge in [0.15, 0.2) is 0 Å². The van der Waals surface area contributed by atoms with Gasteiger partial charge in [0.2, 0.25) is 5.91 Å². The number of nitrogens with one attached hydrogen (secondary N) is 1. The Morgan fingerprint density at radius 2 is 1.90 bits per heavy atom. The minimum absolute atomic E-state index is 0.0844. The van der Waals surface area contributed by atoms with E-state index in [2.05, 4.69) is 5.32 Å². The number of furan rings is 1. The first-order valence-corrected chi connectivity index (χ1v) is 10.6. The number of carbonyl (C=O) groups is 2. The van der Waals surface area contributed by atoms with E-state index < -0.39 is 0 Å². The van der Waals surface area contributed by atoms with Crippen molar-refractivity contribution in [1.29, 1.82) is 0 Å². The monoisotopic (exact) mass is 426 g/mol. The van der Waals surface area contributed by atoms with Crippen molar-refractivity contribution in [2.24, 2.45) is 0 Å².